The van der Waals surface area contributed by atoms with Crippen molar-refractivity contribution < 1.29 is 9.53 Å². The monoisotopic (exact) mass is 313 g/mol. The van der Waals surface area contributed by atoms with Crippen LogP contribution in [0.25, 0.3) is 21.7 Å². The van der Waals surface area contributed by atoms with Gasteiger partial charge in [-0.3, -0.25) is 4.79 Å². The minimum atomic E-state index is -0.0837. The third kappa shape index (κ3) is 2.31. The lowest BCUT2D eigenvalue weighted by Crippen LogP contribution is -2.05. The van der Waals surface area contributed by atoms with Crippen molar-refractivity contribution in [2.24, 2.45) is 0 Å². The molecule has 3 heteroatoms. The van der Waals surface area contributed by atoms with Gasteiger partial charge in [0, 0.05) is 16.3 Å². The summed E-state index contributed by atoms with van der Waals surface area (Å²) in [6.07, 6.45) is 0. The molecule has 24 heavy (non-hydrogen) atoms. The van der Waals surface area contributed by atoms with Gasteiger partial charge in [-0.1, -0.05) is 42.5 Å². The van der Waals surface area contributed by atoms with Crippen LogP contribution in [0.1, 0.15) is 16.1 Å². The van der Waals surface area contributed by atoms with E-state index in [1.165, 1.54) is 0 Å². The molecule has 0 aliphatic heterocycles. The Morgan fingerprint density at radius 1 is 0.792 bits per heavy atom. The molecule has 0 amide bonds. The van der Waals surface area contributed by atoms with E-state index in [0.29, 0.717) is 11.3 Å². The predicted octanol–water partition coefficient (Wildman–Crippen LogP) is 4.63. The Bertz CT molecular complexity index is 1050. The number of ether oxygens (including phenoxy) is 1. The SMILES string of the molecule is COc1ccc(C(=O)c2nc3ccccc3c3ccccc23)cc1. The molecule has 1 heterocycles. The average Bonchev–Trinajstić information content (AvgIpc) is 2.67. The smallest absolute Gasteiger partial charge is 0.212 e. The van der Waals surface area contributed by atoms with Gasteiger partial charge in [0.1, 0.15) is 11.4 Å². The molecule has 3 nitrogen and oxygen atoms in total. The Labute approximate surface area is 139 Å². The molecule has 1 aromatic heterocycles. The number of carbonyl (C=O) groups is 1. The van der Waals surface area contributed by atoms with Gasteiger partial charge < -0.3 is 4.74 Å². The second-order valence-electron chi connectivity index (χ2n) is 5.58. The van der Waals surface area contributed by atoms with Crippen LogP contribution >= 0.6 is 0 Å². The molecule has 4 rings (SSSR count). The molecule has 116 valence electrons. The van der Waals surface area contributed by atoms with E-state index in [-0.39, 0.29) is 5.78 Å². The lowest BCUT2D eigenvalue weighted by atomic mass is 9.99. The molecule has 0 saturated heterocycles. The van der Waals surface area contributed by atoms with Crippen LogP contribution in [0.5, 0.6) is 5.75 Å². The molecule has 0 atom stereocenters. The summed E-state index contributed by atoms with van der Waals surface area (Å²) in [5, 5.41) is 2.97. The first-order chi connectivity index (χ1) is 11.8. The third-order valence-corrected chi connectivity index (χ3v) is 4.18. The number of carbonyl (C=O) groups excluding carboxylic acids is 1. The van der Waals surface area contributed by atoms with E-state index < -0.39 is 0 Å². The fourth-order valence-corrected chi connectivity index (χ4v) is 2.96. The number of pyridine rings is 1. The molecule has 4 aromatic rings. The summed E-state index contributed by atoms with van der Waals surface area (Å²) < 4.78 is 5.16. The number of aromatic nitrogens is 1. The molecule has 0 N–H and O–H groups in total. The fraction of sp³-hybridized carbons (Fsp3) is 0.0476. The summed E-state index contributed by atoms with van der Waals surface area (Å²) in [7, 11) is 1.61. The van der Waals surface area contributed by atoms with Crippen molar-refractivity contribution in [2.75, 3.05) is 7.11 Å². The highest BCUT2D eigenvalue weighted by molar-refractivity contribution is 6.19. The lowest BCUT2D eigenvalue weighted by molar-refractivity contribution is 0.103. The maximum Gasteiger partial charge on any atom is 0.212 e. The average molecular weight is 313 g/mol. The van der Waals surface area contributed by atoms with Crippen molar-refractivity contribution in [3.8, 4) is 5.75 Å². The summed E-state index contributed by atoms with van der Waals surface area (Å²) in [4.78, 5) is 17.6. The first-order valence-electron chi connectivity index (χ1n) is 7.74. The minimum Gasteiger partial charge on any atom is -0.497 e. The first kappa shape index (κ1) is 14.4. The van der Waals surface area contributed by atoms with E-state index in [0.717, 1.165) is 27.4 Å². The van der Waals surface area contributed by atoms with Crippen LogP contribution in [0.2, 0.25) is 0 Å². The highest BCUT2D eigenvalue weighted by Crippen LogP contribution is 2.27. The molecule has 3 aromatic carbocycles. The zero-order valence-electron chi connectivity index (χ0n) is 13.2. The van der Waals surface area contributed by atoms with Crippen LogP contribution in [-0.4, -0.2) is 17.9 Å². The normalized spacial score (nSPS) is 10.9. The zero-order valence-corrected chi connectivity index (χ0v) is 13.2. The Morgan fingerprint density at radius 2 is 1.42 bits per heavy atom. The van der Waals surface area contributed by atoms with Gasteiger partial charge in [0.15, 0.2) is 0 Å². The van der Waals surface area contributed by atoms with Gasteiger partial charge in [-0.2, -0.15) is 0 Å². The summed E-state index contributed by atoms with van der Waals surface area (Å²) in [5.74, 6) is 0.641. The number of hydrogen-bond acceptors (Lipinski definition) is 3. The van der Waals surface area contributed by atoms with E-state index in [1.807, 2.05) is 48.5 Å². The molecule has 0 bridgehead atoms. The molecule has 0 saturated carbocycles. The molecule has 0 aliphatic carbocycles. The van der Waals surface area contributed by atoms with Crippen molar-refractivity contribution in [3.05, 3.63) is 84.1 Å². The van der Waals surface area contributed by atoms with E-state index in [2.05, 4.69) is 4.98 Å². The molecular formula is C21H15NO2. The van der Waals surface area contributed by atoms with Crippen LogP contribution in [0.4, 0.5) is 0 Å². The first-order valence-corrected chi connectivity index (χ1v) is 7.74. The van der Waals surface area contributed by atoms with Gasteiger partial charge in [0.05, 0.1) is 12.6 Å². The van der Waals surface area contributed by atoms with Crippen molar-refractivity contribution in [2.45, 2.75) is 0 Å². The van der Waals surface area contributed by atoms with E-state index in [9.17, 15) is 4.79 Å². The maximum absolute atomic E-state index is 13.0. The van der Waals surface area contributed by atoms with Gasteiger partial charge in [-0.15, -0.1) is 0 Å². The highest BCUT2D eigenvalue weighted by atomic mass is 16.5. The number of hydrogen-bond donors (Lipinski definition) is 0. The number of para-hydroxylation sites is 1. The Kier molecular flexibility index (Phi) is 3.47. The second-order valence-corrected chi connectivity index (χ2v) is 5.58. The largest absolute Gasteiger partial charge is 0.497 e. The number of benzene rings is 3. The van der Waals surface area contributed by atoms with Gasteiger partial charge in [0.2, 0.25) is 5.78 Å². The van der Waals surface area contributed by atoms with Gasteiger partial charge in [-0.25, -0.2) is 4.98 Å². The van der Waals surface area contributed by atoms with Gasteiger partial charge in [0.25, 0.3) is 0 Å². The van der Waals surface area contributed by atoms with Crippen LogP contribution in [0, 0.1) is 0 Å². The number of nitrogens with zero attached hydrogens (tertiary/aromatic N) is 1. The van der Waals surface area contributed by atoms with Crippen molar-refractivity contribution in [1.29, 1.82) is 0 Å². The lowest BCUT2D eigenvalue weighted by Gasteiger charge is -2.09. The Morgan fingerprint density at radius 3 is 2.12 bits per heavy atom. The molecule has 0 fully saturated rings. The van der Waals surface area contributed by atoms with E-state index >= 15 is 0 Å². The summed E-state index contributed by atoms with van der Waals surface area (Å²) in [5.41, 5.74) is 1.91. The van der Waals surface area contributed by atoms with Crippen LogP contribution in [-0.2, 0) is 0 Å². The van der Waals surface area contributed by atoms with Crippen molar-refractivity contribution in [3.63, 3.8) is 0 Å². The van der Waals surface area contributed by atoms with Crippen LogP contribution < -0.4 is 4.74 Å². The highest BCUT2D eigenvalue weighted by Gasteiger charge is 2.16. The Balaban J connectivity index is 1.95. The Hall–Kier alpha value is -3.20. The van der Waals surface area contributed by atoms with Crippen molar-refractivity contribution >= 4 is 27.5 Å². The van der Waals surface area contributed by atoms with Gasteiger partial charge >= 0.3 is 0 Å². The van der Waals surface area contributed by atoms with E-state index in [4.69, 9.17) is 4.74 Å². The van der Waals surface area contributed by atoms with Gasteiger partial charge in [-0.05, 0) is 35.7 Å². The third-order valence-electron chi connectivity index (χ3n) is 4.18. The maximum atomic E-state index is 13.0. The molecule has 0 spiro atoms. The van der Waals surface area contributed by atoms with E-state index in [1.54, 1.807) is 31.4 Å². The number of ketones is 1. The number of fused-ring (bicyclic) bond motifs is 3. The van der Waals surface area contributed by atoms with Crippen LogP contribution in [0.15, 0.2) is 72.8 Å². The quantitative estimate of drug-likeness (QED) is 0.409. The van der Waals surface area contributed by atoms with Crippen molar-refractivity contribution in [1.82, 2.24) is 4.98 Å². The minimum absolute atomic E-state index is 0.0837. The molecule has 0 radical (unpaired) electrons. The topological polar surface area (TPSA) is 39.2 Å². The molecular weight excluding hydrogens is 298 g/mol. The summed E-state index contributed by atoms with van der Waals surface area (Å²) in [6, 6.07) is 22.9. The summed E-state index contributed by atoms with van der Waals surface area (Å²) >= 11 is 0. The fourth-order valence-electron chi connectivity index (χ4n) is 2.96. The van der Waals surface area contributed by atoms with Crippen LogP contribution in [0.3, 0.4) is 0 Å². The second kappa shape index (κ2) is 5.78. The number of rotatable bonds is 3. The number of methoxy groups -OCH3 is 1. The standard InChI is InChI=1S/C21H15NO2/c1-24-15-12-10-14(11-13-15)21(23)20-18-8-3-2-6-16(18)17-7-4-5-9-19(17)22-20/h2-13H,1H3. The predicted molar refractivity (Wildman–Crippen MR) is 95.7 cm³/mol. The zero-order chi connectivity index (χ0) is 16.5. The molecule has 0 unspecified atom stereocenters. The summed E-state index contributed by atoms with van der Waals surface area (Å²) in [6.45, 7) is 0. The molecule has 0 aliphatic rings.